The summed E-state index contributed by atoms with van der Waals surface area (Å²) in [5, 5.41) is 20.6. The molecule has 2 heterocycles. The molecule has 0 saturated carbocycles. The first-order valence-electron chi connectivity index (χ1n) is 11.5. The molecule has 2 saturated heterocycles. The standard InChI is InChI=1S/C25H32BNO5/c1-14(2)17-12-18-23(25(30)27(4)24(18)29)19-13-26(31)32-21(22(17)19)10-9-15(3)11-16-7-5-6-8-20(16)28/h5-8,11,14,18-19,21,23,28,31H,9-10,12-13H2,1-4H3/b15-11+/t18-,19+,21-,23-/m1/s1. The lowest BCUT2D eigenvalue weighted by atomic mass is 9.57. The lowest BCUT2D eigenvalue weighted by Crippen LogP contribution is -2.46. The highest BCUT2D eigenvalue weighted by atomic mass is 16.5. The topological polar surface area (TPSA) is 87.1 Å². The molecule has 0 aromatic heterocycles. The largest absolute Gasteiger partial charge is 0.507 e. The van der Waals surface area contributed by atoms with E-state index in [0.717, 1.165) is 23.1 Å². The van der Waals surface area contributed by atoms with E-state index in [9.17, 15) is 19.7 Å². The fraction of sp³-hybridized carbons (Fsp3) is 0.520. The normalized spacial score (nSPS) is 28.5. The number of aromatic hydroxyl groups is 1. The van der Waals surface area contributed by atoms with Gasteiger partial charge in [-0.25, -0.2) is 0 Å². The predicted octanol–water partition coefficient (Wildman–Crippen LogP) is 3.66. The SMILES string of the molecule is C/C(=C\c1ccccc1O)CC[C@H]1OB(O)C[C@H]2C1=C(C(C)C)C[C@H]1C(=O)N(C)C(=O)[C@H]12. The average molecular weight is 437 g/mol. The van der Waals surface area contributed by atoms with Gasteiger partial charge in [-0.05, 0) is 56.0 Å². The Morgan fingerprint density at radius 3 is 2.66 bits per heavy atom. The van der Waals surface area contributed by atoms with Gasteiger partial charge in [0.1, 0.15) is 5.75 Å². The van der Waals surface area contributed by atoms with Gasteiger partial charge in [0.15, 0.2) is 0 Å². The molecule has 1 aromatic rings. The number of rotatable bonds is 5. The van der Waals surface area contributed by atoms with Gasteiger partial charge >= 0.3 is 7.12 Å². The van der Waals surface area contributed by atoms with Crippen LogP contribution in [0.1, 0.15) is 45.6 Å². The zero-order chi connectivity index (χ0) is 23.2. The molecule has 4 atom stereocenters. The van der Waals surface area contributed by atoms with Crippen molar-refractivity contribution in [1.82, 2.24) is 4.90 Å². The van der Waals surface area contributed by atoms with Crippen LogP contribution in [0.15, 0.2) is 41.0 Å². The molecule has 3 aliphatic rings. The van der Waals surface area contributed by atoms with Crippen LogP contribution in [0.3, 0.4) is 0 Å². The monoisotopic (exact) mass is 437 g/mol. The third-order valence-electron chi connectivity index (χ3n) is 7.30. The Labute approximate surface area is 190 Å². The maximum Gasteiger partial charge on any atom is 0.455 e. The van der Waals surface area contributed by atoms with Gasteiger partial charge in [0.2, 0.25) is 11.8 Å². The van der Waals surface area contributed by atoms with Crippen molar-refractivity contribution in [3.8, 4) is 5.75 Å². The van der Waals surface area contributed by atoms with E-state index in [4.69, 9.17) is 4.65 Å². The minimum absolute atomic E-state index is 0.101. The van der Waals surface area contributed by atoms with Crippen LogP contribution in [0.2, 0.25) is 6.32 Å². The summed E-state index contributed by atoms with van der Waals surface area (Å²) in [6, 6.07) is 7.22. The summed E-state index contributed by atoms with van der Waals surface area (Å²) in [4.78, 5) is 26.9. The van der Waals surface area contributed by atoms with Crippen LogP contribution in [0.5, 0.6) is 5.75 Å². The fourth-order valence-corrected chi connectivity index (χ4v) is 5.71. The van der Waals surface area contributed by atoms with Gasteiger partial charge in [-0.15, -0.1) is 0 Å². The summed E-state index contributed by atoms with van der Waals surface area (Å²) in [6.45, 7) is 6.26. The highest BCUT2D eigenvalue weighted by molar-refractivity contribution is 6.43. The van der Waals surface area contributed by atoms with Crippen molar-refractivity contribution in [2.45, 2.75) is 52.5 Å². The number of allylic oxidation sites excluding steroid dienone is 2. The Balaban J connectivity index is 1.62. The van der Waals surface area contributed by atoms with Crippen molar-refractivity contribution in [2.75, 3.05) is 7.05 Å². The summed E-state index contributed by atoms with van der Waals surface area (Å²) < 4.78 is 6.01. The van der Waals surface area contributed by atoms with Gasteiger partial charge in [0, 0.05) is 12.6 Å². The van der Waals surface area contributed by atoms with Crippen LogP contribution in [-0.4, -0.2) is 47.1 Å². The van der Waals surface area contributed by atoms with Crippen molar-refractivity contribution in [3.05, 3.63) is 46.5 Å². The molecule has 170 valence electrons. The third kappa shape index (κ3) is 4.04. The van der Waals surface area contributed by atoms with Crippen molar-refractivity contribution in [3.63, 3.8) is 0 Å². The number of likely N-dealkylation sites (tertiary alicyclic amines) is 1. The predicted molar refractivity (Wildman–Crippen MR) is 123 cm³/mol. The number of nitrogens with zero attached hydrogens (tertiary/aromatic N) is 1. The van der Waals surface area contributed by atoms with Crippen molar-refractivity contribution in [2.24, 2.45) is 23.7 Å². The number of imide groups is 1. The molecular weight excluding hydrogens is 405 g/mol. The van der Waals surface area contributed by atoms with Gasteiger partial charge in [0.25, 0.3) is 0 Å². The smallest absolute Gasteiger partial charge is 0.455 e. The van der Waals surface area contributed by atoms with E-state index < -0.39 is 13.0 Å². The summed E-state index contributed by atoms with van der Waals surface area (Å²) in [6.07, 6.45) is 4.02. The van der Waals surface area contributed by atoms with E-state index in [1.54, 1.807) is 19.2 Å². The lowest BCUT2D eigenvalue weighted by molar-refractivity contribution is -0.138. The summed E-state index contributed by atoms with van der Waals surface area (Å²) in [5.41, 5.74) is 4.19. The third-order valence-corrected chi connectivity index (χ3v) is 7.30. The Morgan fingerprint density at radius 2 is 1.97 bits per heavy atom. The fourth-order valence-electron chi connectivity index (χ4n) is 5.71. The van der Waals surface area contributed by atoms with Crippen molar-refractivity contribution in [1.29, 1.82) is 0 Å². The number of phenolic OH excluding ortho intramolecular Hbond substituents is 1. The van der Waals surface area contributed by atoms with Crippen LogP contribution in [0.4, 0.5) is 0 Å². The van der Waals surface area contributed by atoms with Gasteiger partial charge < -0.3 is 14.8 Å². The average Bonchev–Trinajstić information content (AvgIpc) is 2.97. The first kappa shape index (κ1) is 22.8. The highest BCUT2D eigenvalue weighted by Gasteiger charge is 2.56. The summed E-state index contributed by atoms with van der Waals surface area (Å²) in [5.74, 6) is -0.639. The number of hydrogen-bond donors (Lipinski definition) is 2. The molecule has 32 heavy (non-hydrogen) atoms. The molecule has 7 heteroatoms. The number of carbonyl (C=O) groups excluding carboxylic acids is 2. The number of fused-ring (bicyclic) bond motifs is 3. The first-order chi connectivity index (χ1) is 15.2. The molecule has 4 rings (SSSR count). The Kier molecular flexibility index (Phi) is 6.32. The van der Waals surface area contributed by atoms with Crippen LogP contribution in [-0.2, 0) is 14.2 Å². The molecular formula is C25H32BNO5. The Hall–Kier alpha value is -2.38. The van der Waals surface area contributed by atoms with Crippen LogP contribution < -0.4 is 0 Å². The van der Waals surface area contributed by atoms with E-state index in [-0.39, 0.29) is 41.4 Å². The van der Waals surface area contributed by atoms with Crippen LogP contribution >= 0.6 is 0 Å². The second-order valence-corrected chi connectivity index (χ2v) is 9.72. The van der Waals surface area contributed by atoms with Crippen LogP contribution in [0.25, 0.3) is 6.08 Å². The van der Waals surface area contributed by atoms with Crippen molar-refractivity contribution < 1.29 is 24.4 Å². The molecule has 2 amide bonds. The minimum atomic E-state index is -0.947. The summed E-state index contributed by atoms with van der Waals surface area (Å²) in [7, 11) is 0.620. The molecule has 2 aliphatic heterocycles. The van der Waals surface area contributed by atoms with E-state index in [1.165, 1.54) is 10.5 Å². The van der Waals surface area contributed by atoms with E-state index in [0.29, 0.717) is 19.2 Å². The second kappa shape index (κ2) is 8.87. The number of para-hydroxylation sites is 1. The molecule has 1 aromatic carbocycles. The summed E-state index contributed by atoms with van der Waals surface area (Å²) >= 11 is 0. The molecule has 0 bridgehead atoms. The molecule has 0 unspecified atom stereocenters. The van der Waals surface area contributed by atoms with Crippen LogP contribution in [0, 0.1) is 23.7 Å². The zero-order valence-corrected chi connectivity index (χ0v) is 19.2. The molecule has 6 nitrogen and oxygen atoms in total. The number of carbonyl (C=O) groups is 2. The van der Waals surface area contributed by atoms with Gasteiger partial charge in [-0.3, -0.25) is 14.5 Å². The van der Waals surface area contributed by atoms with E-state index >= 15 is 0 Å². The molecule has 0 radical (unpaired) electrons. The zero-order valence-electron chi connectivity index (χ0n) is 19.2. The Morgan fingerprint density at radius 1 is 1.25 bits per heavy atom. The van der Waals surface area contributed by atoms with E-state index in [2.05, 4.69) is 13.8 Å². The molecule has 1 aliphatic carbocycles. The Bertz CT molecular complexity index is 984. The first-order valence-corrected chi connectivity index (χ1v) is 11.5. The highest BCUT2D eigenvalue weighted by Crippen LogP contribution is 2.51. The maximum atomic E-state index is 12.9. The quantitative estimate of drug-likeness (QED) is 0.417. The minimum Gasteiger partial charge on any atom is -0.507 e. The second-order valence-electron chi connectivity index (χ2n) is 9.72. The molecule has 2 fully saturated rings. The molecule has 0 spiro atoms. The number of benzene rings is 1. The number of hydrogen-bond acceptors (Lipinski definition) is 5. The lowest BCUT2D eigenvalue weighted by Gasteiger charge is -2.44. The molecule has 2 N–H and O–H groups in total. The van der Waals surface area contributed by atoms with Crippen molar-refractivity contribution >= 4 is 25.0 Å². The number of amides is 2. The van der Waals surface area contributed by atoms with Gasteiger partial charge in [0.05, 0.1) is 17.9 Å². The van der Waals surface area contributed by atoms with Gasteiger partial charge in [-0.1, -0.05) is 49.3 Å². The van der Waals surface area contributed by atoms with E-state index in [1.807, 2.05) is 25.1 Å². The number of phenols is 1. The maximum absolute atomic E-state index is 12.9. The van der Waals surface area contributed by atoms with Gasteiger partial charge in [-0.2, -0.15) is 0 Å².